The number of carbonyl (C=O) groups excluding carboxylic acids is 1. The van der Waals surface area contributed by atoms with Gasteiger partial charge in [0.1, 0.15) is 0 Å². The number of amides is 1. The normalized spacial score (nSPS) is 16.3. The summed E-state index contributed by atoms with van der Waals surface area (Å²) in [6, 6.07) is 8.13. The van der Waals surface area contributed by atoms with Crippen LogP contribution in [-0.4, -0.2) is 23.9 Å². The minimum Gasteiger partial charge on any atom is -0.333 e. The van der Waals surface area contributed by atoms with Crippen molar-refractivity contribution in [2.24, 2.45) is 0 Å². The van der Waals surface area contributed by atoms with Crippen LogP contribution in [0.4, 0.5) is 0 Å². The van der Waals surface area contributed by atoms with Gasteiger partial charge < -0.3 is 10.2 Å². The van der Waals surface area contributed by atoms with E-state index in [4.69, 9.17) is 0 Å². The highest BCUT2D eigenvalue weighted by atomic mass is 16.2. The maximum atomic E-state index is 11.9. The summed E-state index contributed by atoms with van der Waals surface area (Å²) in [6.07, 6.45) is 0. The molecule has 0 aromatic heterocycles. The van der Waals surface area contributed by atoms with E-state index in [9.17, 15) is 4.79 Å². The van der Waals surface area contributed by atoms with E-state index in [0.717, 1.165) is 13.1 Å². The lowest BCUT2D eigenvalue weighted by Gasteiger charge is -2.19. The second-order valence-electron chi connectivity index (χ2n) is 3.97. The zero-order valence-corrected chi connectivity index (χ0v) is 9.16. The number of rotatable bonds is 2. The van der Waals surface area contributed by atoms with E-state index in [0.29, 0.717) is 0 Å². The number of hydrogen-bond donors (Lipinski definition) is 1. The van der Waals surface area contributed by atoms with Crippen molar-refractivity contribution in [1.29, 1.82) is 0 Å². The Balaban J connectivity index is 2.10. The Morgan fingerprint density at radius 1 is 1.33 bits per heavy atom. The van der Waals surface area contributed by atoms with E-state index in [1.807, 2.05) is 31.0 Å². The number of benzene rings is 1. The average Bonchev–Trinajstić information content (AvgIpc) is 2.70. The largest absolute Gasteiger partial charge is 0.333 e. The quantitative estimate of drug-likeness (QED) is 0.783. The summed E-state index contributed by atoms with van der Waals surface area (Å²) in [7, 11) is 1.81. The molecule has 0 aliphatic carbocycles. The smallest absolute Gasteiger partial charge is 0.240 e. The first kappa shape index (κ1) is 10.2. The van der Waals surface area contributed by atoms with Gasteiger partial charge in [-0.2, -0.15) is 0 Å². The topological polar surface area (TPSA) is 32.3 Å². The van der Waals surface area contributed by atoms with Gasteiger partial charge in [0.2, 0.25) is 5.91 Å². The minimum atomic E-state index is -0.0979. The van der Waals surface area contributed by atoms with Gasteiger partial charge in [0.25, 0.3) is 0 Å². The summed E-state index contributed by atoms with van der Waals surface area (Å²) < 4.78 is 0. The highest BCUT2D eigenvalue weighted by Crippen LogP contribution is 2.22. The van der Waals surface area contributed by atoms with Crippen molar-refractivity contribution in [3.63, 3.8) is 0 Å². The number of carbonyl (C=O) groups is 1. The summed E-state index contributed by atoms with van der Waals surface area (Å²) in [5.41, 5.74) is 2.54. The van der Waals surface area contributed by atoms with Gasteiger partial charge in [0.15, 0.2) is 0 Å². The Morgan fingerprint density at radius 3 is 2.33 bits per heavy atom. The average molecular weight is 204 g/mol. The van der Waals surface area contributed by atoms with Crippen LogP contribution >= 0.6 is 0 Å². The van der Waals surface area contributed by atoms with Crippen LogP contribution in [0, 0.1) is 0 Å². The lowest BCUT2D eigenvalue weighted by Crippen LogP contribution is -2.40. The molecule has 1 unspecified atom stereocenters. The second kappa shape index (κ2) is 4.03. The van der Waals surface area contributed by atoms with E-state index in [1.165, 1.54) is 11.1 Å². The van der Waals surface area contributed by atoms with Gasteiger partial charge >= 0.3 is 0 Å². The van der Waals surface area contributed by atoms with Crippen molar-refractivity contribution in [2.75, 3.05) is 7.05 Å². The molecular formula is C12H16N2O. The Bertz CT molecular complexity index is 351. The first-order chi connectivity index (χ1) is 7.22. The first-order valence-corrected chi connectivity index (χ1v) is 5.25. The molecule has 1 aromatic carbocycles. The van der Waals surface area contributed by atoms with Crippen LogP contribution in [0.25, 0.3) is 0 Å². The molecule has 0 fully saturated rings. The molecule has 0 saturated heterocycles. The predicted molar refractivity (Wildman–Crippen MR) is 59.2 cm³/mol. The highest BCUT2D eigenvalue weighted by Gasteiger charge is 2.25. The van der Waals surface area contributed by atoms with Crippen molar-refractivity contribution in [3.8, 4) is 0 Å². The molecule has 2 rings (SSSR count). The third-order valence-corrected chi connectivity index (χ3v) is 2.96. The maximum absolute atomic E-state index is 11.9. The van der Waals surface area contributed by atoms with Gasteiger partial charge in [-0.25, -0.2) is 0 Å². The number of nitrogens with one attached hydrogen (secondary N) is 1. The van der Waals surface area contributed by atoms with Gasteiger partial charge in [-0.05, 0) is 25.1 Å². The Hall–Kier alpha value is -1.35. The van der Waals surface area contributed by atoms with Crippen molar-refractivity contribution >= 4 is 5.91 Å². The van der Waals surface area contributed by atoms with E-state index in [1.54, 1.807) is 0 Å². The summed E-state index contributed by atoms with van der Waals surface area (Å²) in [6.45, 7) is 3.40. The molecule has 1 N–H and O–H groups in total. The lowest BCUT2D eigenvalue weighted by atomic mass is 10.1. The van der Waals surface area contributed by atoms with Crippen molar-refractivity contribution in [1.82, 2.24) is 10.2 Å². The monoisotopic (exact) mass is 204 g/mol. The SMILES string of the molecule is CNC(C)C(=O)N1Cc2ccccc2C1. The fourth-order valence-electron chi connectivity index (χ4n) is 1.89. The number of fused-ring (bicyclic) bond motifs is 1. The van der Waals surface area contributed by atoms with Crippen LogP contribution in [-0.2, 0) is 17.9 Å². The van der Waals surface area contributed by atoms with Crippen molar-refractivity contribution < 1.29 is 4.79 Å². The van der Waals surface area contributed by atoms with Crippen molar-refractivity contribution in [2.45, 2.75) is 26.1 Å². The fourth-order valence-corrected chi connectivity index (χ4v) is 1.89. The molecule has 80 valence electrons. The molecule has 1 aliphatic rings. The molecule has 1 heterocycles. The molecular weight excluding hydrogens is 188 g/mol. The van der Waals surface area contributed by atoms with Crippen LogP contribution in [0.3, 0.4) is 0 Å². The van der Waals surface area contributed by atoms with Crippen LogP contribution in [0.2, 0.25) is 0 Å². The molecule has 1 aliphatic heterocycles. The summed E-state index contributed by atoms with van der Waals surface area (Å²) in [4.78, 5) is 13.8. The van der Waals surface area contributed by atoms with E-state index in [-0.39, 0.29) is 11.9 Å². The van der Waals surface area contributed by atoms with Crippen molar-refractivity contribution in [3.05, 3.63) is 35.4 Å². The second-order valence-corrected chi connectivity index (χ2v) is 3.97. The van der Waals surface area contributed by atoms with Crippen LogP contribution in [0.5, 0.6) is 0 Å². The number of nitrogens with zero attached hydrogens (tertiary/aromatic N) is 1. The number of hydrogen-bond acceptors (Lipinski definition) is 2. The zero-order valence-electron chi connectivity index (χ0n) is 9.16. The molecule has 3 nitrogen and oxygen atoms in total. The maximum Gasteiger partial charge on any atom is 0.240 e. The summed E-state index contributed by atoms with van der Waals surface area (Å²) in [5.74, 6) is 0.175. The summed E-state index contributed by atoms with van der Waals surface area (Å²) >= 11 is 0. The van der Waals surface area contributed by atoms with Gasteiger partial charge in [0.05, 0.1) is 6.04 Å². The Labute approximate surface area is 90.1 Å². The summed E-state index contributed by atoms with van der Waals surface area (Å²) in [5, 5.41) is 2.98. The molecule has 1 atom stereocenters. The van der Waals surface area contributed by atoms with Gasteiger partial charge in [0, 0.05) is 13.1 Å². The predicted octanol–water partition coefficient (Wildman–Crippen LogP) is 1.14. The molecule has 3 heteroatoms. The Morgan fingerprint density at radius 2 is 1.87 bits per heavy atom. The van der Waals surface area contributed by atoms with Gasteiger partial charge in [-0.1, -0.05) is 24.3 Å². The molecule has 0 spiro atoms. The molecule has 0 saturated carbocycles. The molecule has 0 radical (unpaired) electrons. The third kappa shape index (κ3) is 1.88. The van der Waals surface area contributed by atoms with Gasteiger partial charge in [-0.15, -0.1) is 0 Å². The Kier molecular flexibility index (Phi) is 2.73. The van der Waals surface area contributed by atoms with Crippen LogP contribution in [0.1, 0.15) is 18.1 Å². The van der Waals surface area contributed by atoms with Crippen LogP contribution in [0.15, 0.2) is 24.3 Å². The standard InChI is InChI=1S/C12H16N2O/c1-9(13-2)12(15)14-7-10-5-3-4-6-11(10)8-14/h3-6,9,13H,7-8H2,1-2H3. The number of likely N-dealkylation sites (N-methyl/N-ethyl adjacent to an activating group) is 1. The first-order valence-electron chi connectivity index (χ1n) is 5.25. The van der Waals surface area contributed by atoms with E-state index in [2.05, 4.69) is 17.4 Å². The zero-order chi connectivity index (χ0) is 10.8. The molecule has 15 heavy (non-hydrogen) atoms. The fraction of sp³-hybridized carbons (Fsp3) is 0.417. The molecule has 1 aromatic rings. The minimum absolute atomic E-state index is 0.0979. The molecule has 1 amide bonds. The van der Waals surface area contributed by atoms with E-state index >= 15 is 0 Å². The lowest BCUT2D eigenvalue weighted by molar-refractivity contribution is -0.133. The molecule has 0 bridgehead atoms. The third-order valence-electron chi connectivity index (χ3n) is 2.96. The highest BCUT2D eigenvalue weighted by molar-refractivity contribution is 5.82. The van der Waals surface area contributed by atoms with E-state index < -0.39 is 0 Å². The van der Waals surface area contributed by atoms with Gasteiger partial charge in [-0.3, -0.25) is 4.79 Å². The van der Waals surface area contributed by atoms with Crippen LogP contribution < -0.4 is 5.32 Å².